The number of benzene rings is 3. The van der Waals surface area contributed by atoms with Crippen LogP contribution in [0.15, 0.2) is 91.0 Å². The molecule has 0 spiro atoms. The van der Waals surface area contributed by atoms with E-state index in [1.165, 1.54) is 26.2 Å². The quantitative estimate of drug-likeness (QED) is 0.197. The van der Waals surface area contributed by atoms with Gasteiger partial charge in [-0.15, -0.1) is 0 Å². The molecule has 3 N–H and O–H groups in total. The molecule has 2 fully saturated rings. The molecule has 5 rings (SSSR count). The zero-order valence-corrected chi connectivity index (χ0v) is 27.2. The van der Waals surface area contributed by atoms with Crippen LogP contribution in [0.2, 0.25) is 0 Å². The number of rotatable bonds is 11. The van der Waals surface area contributed by atoms with Crippen LogP contribution in [0.5, 0.6) is 0 Å². The van der Waals surface area contributed by atoms with Gasteiger partial charge in [0.25, 0.3) is 0 Å². The number of hydrogen-bond donors (Lipinski definition) is 3. The van der Waals surface area contributed by atoms with Crippen molar-refractivity contribution >= 4 is 27.9 Å². The lowest BCUT2D eigenvalue weighted by Gasteiger charge is -2.47. The van der Waals surface area contributed by atoms with E-state index >= 15 is 0 Å². The van der Waals surface area contributed by atoms with E-state index in [2.05, 4.69) is 21.2 Å². The van der Waals surface area contributed by atoms with Gasteiger partial charge in [0.2, 0.25) is 10.5 Å². The zero-order valence-electron chi connectivity index (χ0n) is 25.6. The van der Waals surface area contributed by atoms with Crippen LogP contribution in [0.25, 0.3) is 0 Å². The second-order valence-electron chi connectivity index (χ2n) is 11.8. The van der Waals surface area contributed by atoms with E-state index < -0.39 is 58.1 Å². The Kier molecular flexibility index (Phi) is 9.81. The molecule has 5 unspecified atom stereocenters. The van der Waals surface area contributed by atoms with Crippen molar-refractivity contribution in [3.05, 3.63) is 108 Å². The number of imide groups is 1. The number of nitrogens with one attached hydrogen (secondary N) is 1. The predicted octanol–water partition coefficient (Wildman–Crippen LogP) is 4.64. The van der Waals surface area contributed by atoms with Gasteiger partial charge >= 0.3 is 6.03 Å². The van der Waals surface area contributed by atoms with E-state index in [0.717, 1.165) is 5.56 Å². The Bertz CT molecular complexity index is 1470. The van der Waals surface area contributed by atoms with Crippen LogP contribution in [-0.2, 0) is 23.7 Å². The molecule has 2 heterocycles. The second-order valence-corrected chi connectivity index (χ2v) is 13.0. The van der Waals surface area contributed by atoms with Gasteiger partial charge in [0, 0.05) is 34.3 Å². The van der Waals surface area contributed by atoms with Crippen molar-refractivity contribution in [2.24, 2.45) is 5.41 Å². The van der Waals surface area contributed by atoms with E-state index in [1.54, 1.807) is 31.2 Å². The monoisotopic (exact) mass is 682 g/mol. The number of aliphatic hydroxyl groups excluding tert-OH is 1. The summed E-state index contributed by atoms with van der Waals surface area (Å²) in [7, 11) is 4.44. The lowest BCUT2D eigenvalue weighted by atomic mass is 9.77. The highest BCUT2D eigenvalue weighted by molar-refractivity contribution is 9.10. The Morgan fingerprint density at radius 1 is 0.844 bits per heavy atom. The van der Waals surface area contributed by atoms with Crippen molar-refractivity contribution in [2.75, 3.05) is 27.9 Å². The molecular weight excluding hydrogens is 644 g/mol. The summed E-state index contributed by atoms with van der Waals surface area (Å²) in [6.07, 6.45) is -5.59. The molecule has 3 aromatic carbocycles. The van der Waals surface area contributed by atoms with Crippen LogP contribution in [0, 0.1) is 5.41 Å². The lowest BCUT2D eigenvalue weighted by molar-refractivity contribution is -0.194. The van der Waals surface area contributed by atoms with E-state index in [1.807, 2.05) is 66.7 Å². The summed E-state index contributed by atoms with van der Waals surface area (Å²) in [5.41, 5.74) is -1.10. The highest BCUT2D eigenvalue weighted by Crippen LogP contribution is 2.54. The number of nitrogens with zero attached hydrogens (tertiary/aromatic N) is 1. The molecule has 0 saturated carbocycles. The number of carbonyl (C=O) groups is 2. The molecule has 2 aliphatic rings. The van der Waals surface area contributed by atoms with Crippen LogP contribution in [0.3, 0.4) is 0 Å². The van der Waals surface area contributed by atoms with Crippen molar-refractivity contribution < 1.29 is 38.7 Å². The number of halogens is 1. The molecule has 0 aliphatic carbocycles. The molecule has 2 aliphatic heterocycles. The predicted molar refractivity (Wildman–Crippen MR) is 169 cm³/mol. The molecule has 0 radical (unpaired) electrons. The van der Waals surface area contributed by atoms with Crippen LogP contribution in [0.1, 0.15) is 48.3 Å². The maximum absolute atomic E-state index is 13.6. The summed E-state index contributed by atoms with van der Waals surface area (Å²) < 4.78 is 22.4. The second kappa shape index (κ2) is 13.3. The van der Waals surface area contributed by atoms with Gasteiger partial charge in [0.15, 0.2) is 0 Å². The molecule has 0 bridgehead atoms. The Morgan fingerprint density at radius 3 is 1.82 bits per heavy atom. The van der Waals surface area contributed by atoms with E-state index in [-0.39, 0.29) is 13.0 Å². The molecule has 8 atom stereocenters. The summed E-state index contributed by atoms with van der Waals surface area (Å²) in [4.78, 5) is 28.4. The number of hydrogen-bond acceptors (Lipinski definition) is 8. The molecular formula is C34H39BrN2O8. The maximum Gasteiger partial charge on any atom is 0.327 e. The first-order valence-corrected chi connectivity index (χ1v) is 15.4. The van der Waals surface area contributed by atoms with E-state index in [4.69, 9.17) is 18.9 Å². The SMILES string of the molecule is COC(c1ccccc1)C(O)[C@H]1O[C@@](Br)(N2CC(C)(C(OC)c3ccccc3)C(=O)NC2=O)C[C@@]1(O)C(OC)c1ccccc1. The van der Waals surface area contributed by atoms with Crippen LogP contribution >= 0.6 is 15.9 Å². The molecule has 45 heavy (non-hydrogen) atoms. The average Bonchev–Trinajstić information content (AvgIpc) is 3.33. The Labute approximate surface area is 271 Å². The fourth-order valence-electron chi connectivity index (χ4n) is 6.73. The third-order valence-corrected chi connectivity index (χ3v) is 9.78. The summed E-state index contributed by atoms with van der Waals surface area (Å²) >= 11 is 3.65. The molecule has 2 saturated heterocycles. The first-order chi connectivity index (χ1) is 21.5. The minimum atomic E-state index is -1.90. The van der Waals surface area contributed by atoms with Crippen molar-refractivity contribution in [3.8, 4) is 0 Å². The standard InChI is InChI=1S/C34H39BrN2O8/c1-32(27(43-3)23-16-10-6-11-17-23)21-37(31(40)36-30(32)39)34(35)20-33(41,28(44-4)24-18-12-7-13-19-24)29(45-34)25(38)26(42-2)22-14-8-5-9-15-22/h5-19,25-29,38,41H,20-21H2,1-4H3,(H,36,39,40)/t25?,26?,27?,28?,29-,32?,33-,34+/m1/s1. The number of urea groups is 1. The van der Waals surface area contributed by atoms with E-state index in [0.29, 0.717) is 11.1 Å². The van der Waals surface area contributed by atoms with Crippen molar-refractivity contribution in [1.29, 1.82) is 0 Å². The Hall–Kier alpha value is -3.16. The number of alkyl halides is 1. The maximum atomic E-state index is 13.6. The zero-order chi connectivity index (χ0) is 32.4. The fraction of sp³-hybridized carbons (Fsp3) is 0.412. The van der Waals surface area contributed by atoms with Crippen LogP contribution < -0.4 is 5.32 Å². The third kappa shape index (κ3) is 6.06. The van der Waals surface area contributed by atoms with Gasteiger partial charge in [-0.25, -0.2) is 4.79 Å². The average molecular weight is 684 g/mol. The van der Waals surface area contributed by atoms with Gasteiger partial charge in [-0.1, -0.05) is 91.0 Å². The van der Waals surface area contributed by atoms with E-state index in [9.17, 15) is 19.8 Å². The summed E-state index contributed by atoms with van der Waals surface area (Å²) in [5, 5.41) is 27.0. The largest absolute Gasteiger partial charge is 0.387 e. The summed E-state index contributed by atoms with van der Waals surface area (Å²) in [6, 6.07) is 26.7. The minimum absolute atomic E-state index is 0.134. The summed E-state index contributed by atoms with van der Waals surface area (Å²) in [5.74, 6) is -0.511. The molecule has 240 valence electrons. The topological polar surface area (TPSA) is 127 Å². The van der Waals surface area contributed by atoms with Crippen LogP contribution in [0.4, 0.5) is 4.79 Å². The first kappa shape index (κ1) is 33.2. The molecule has 3 amide bonds. The molecule has 11 heteroatoms. The van der Waals surface area contributed by atoms with Crippen molar-refractivity contribution in [2.45, 2.75) is 54.1 Å². The van der Waals surface area contributed by atoms with Gasteiger partial charge in [-0.05, 0) is 39.5 Å². The fourth-order valence-corrected chi connectivity index (χ4v) is 7.67. The Morgan fingerprint density at radius 2 is 1.33 bits per heavy atom. The van der Waals surface area contributed by atoms with Gasteiger partial charge in [-0.2, -0.15) is 0 Å². The molecule has 10 nitrogen and oxygen atoms in total. The minimum Gasteiger partial charge on any atom is -0.387 e. The summed E-state index contributed by atoms with van der Waals surface area (Å²) in [6.45, 7) is 1.58. The van der Waals surface area contributed by atoms with Gasteiger partial charge in [-0.3, -0.25) is 15.0 Å². The highest BCUT2D eigenvalue weighted by atomic mass is 79.9. The number of carbonyl (C=O) groups excluding carboxylic acids is 2. The normalized spacial score (nSPS) is 29.6. The number of aliphatic hydroxyl groups is 2. The van der Waals surface area contributed by atoms with Crippen LogP contribution in [-0.4, -0.2) is 77.4 Å². The Balaban J connectivity index is 1.57. The van der Waals surface area contributed by atoms with Gasteiger partial charge in [0.1, 0.15) is 30.0 Å². The smallest absolute Gasteiger partial charge is 0.327 e. The third-order valence-electron chi connectivity index (χ3n) is 8.89. The van der Waals surface area contributed by atoms with Gasteiger partial charge < -0.3 is 29.2 Å². The highest BCUT2D eigenvalue weighted by Gasteiger charge is 2.66. The number of ether oxygens (including phenoxy) is 4. The van der Waals surface area contributed by atoms with Crippen molar-refractivity contribution in [3.63, 3.8) is 0 Å². The lowest BCUT2D eigenvalue weighted by Crippen LogP contribution is -2.66. The number of methoxy groups -OCH3 is 3. The number of amides is 3. The van der Waals surface area contributed by atoms with Crippen molar-refractivity contribution in [1.82, 2.24) is 10.2 Å². The molecule has 3 aromatic rings. The first-order valence-electron chi connectivity index (χ1n) is 14.7. The van der Waals surface area contributed by atoms with Gasteiger partial charge in [0.05, 0.1) is 11.5 Å². The molecule has 0 aromatic heterocycles.